The van der Waals surface area contributed by atoms with Crippen molar-refractivity contribution in [1.29, 1.82) is 0 Å². The van der Waals surface area contributed by atoms with Crippen molar-refractivity contribution in [3.05, 3.63) is 88.6 Å². The SMILES string of the molecule is CCCc1ccc(CCCCOc2ccc(C)c(C=Cc3cccc(NC(=O)CC(CC)(CC)C(=O)O)c3)n2)cc1. The number of ether oxygens (including phenoxy) is 1. The molecule has 3 aromatic rings. The normalized spacial score (nSPS) is 11.5. The molecule has 41 heavy (non-hydrogen) atoms. The summed E-state index contributed by atoms with van der Waals surface area (Å²) in [6.07, 6.45) is 10.00. The molecule has 0 radical (unpaired) electrons. The van der Waals surface area contributed by atoms with Gasteiger partial charge in [0, 0.05) is 18.2 Å². The van der Waals surface area contributed by atoms with Crippen molar-refractivity contribution in [1.82, 2.24) is 4.98 Å². The Morgan fingerprint density at radius 3 is 2.29 bits per heavy atom. The number of benzene rings is 2. The Balaban J connectivity index is 1.53. The van der Waals surface area contributed by atoms with Crippen LogP contribution in [0.25, 0.3) is 12.2 Å². The third-order valence-electron chi connectivity index (χ3n) is 7.69. The number of amides is 1. The summed E-state index contributed by atoms with van der Waals surface area (Å²) in [6, 6.07) is 20.3. The van der Waals surface area contributed by atoms with Gasteiger partial charge in [-0.3, -0.25) is 9.59 Å². The first-order valence-electron chi connectivity index (χ1n) is 14.8. The predicted octanol–water partition coefficient (Wildman–Crippen LogP) is 8.13. The first kappa shape index (κ1) is 31.6. The average molecular weight is 557 g/mol. The molecule has 3 rings (SSSR count). The fourth-order valence-corrected chi connectivity index (χ4v) is 4.83. The molecule has 218 valence electrons. The molecule has 0 aliphatic rings. The fraction of sp³-hybridized carbons (Fsp3) is 0.400. The van der Waals surface area contributed by atoms with Crippen molar-refractivity contribution >= 4 is 29.7 Å². The summed E-state index contributed by atoms with van der Waals surface area (Å²) >= 11 is 0. The van der Waals surface area contributed by atoms with Gasteiger partial charge in [0.05, 0.1) is 17.7 Å². The van der Waals surface area contributed by atoms with E-state index >= 15 is 0 Å². The molecule has 1 heterocycles. The average Bonchev–Trinajstić information content (AvgIpc) is 2.97. The lowest BCUT2D eigenvalue weighted by Gasteiger charge is -2.25. The third-order valence-corrected chi connectivity index (χ3v) is 7.69. The Labute approximate surface area is 244 Å². The fourth-order valence-electron chi connectivity index (χ4n) is 4.83. The summed E-state index contributed by atoms with van der Waals surface area (Å²) in [5.74, 6) is -0.630. The van der Waals surface area contributed by atoms with Crippen molar-refractivity contribution in [3.8, 4) is 5.88 Å². The van der Waals surface area contributed by atoms with Crippen molar-refractivity contribution in [2.45, 2.75) is 79.1 Å². The smallest absolute Gasteiger partial charge is 0.310 e. The number of pyridine rings is 1. The van der Waals surface area contributed by atoms with Gasteiger partial charge in [0.25, 0.3) is 0 Å². The highest BCUT2D eigenvalue weighted by molar-refractivity contribution is 5.94. The van der Waals surface area contributed by atoms with Gasteiger partial charge in [-0.1, -0.05) is 75.7 Å². The van der Waals surface area contributed by atoms with Gasteiger partial charge in [-0.2, -0.15) is 0 Å². The molecule has 1 amide bonds. The minimum absolute atomic E-state index is 0.0581. The largest absolute Gasteiger partial charge is 0.481 e. The highest BCUT2D eigenvalue weighted by Gasteiger charge is 2.37. The zero-order valence-electron chi connectivity index (χ0n) is 24.9. The summed E-state index contributed by atoms with van der Waals surface area (Å²) in [6.45, 7) is 8.44. The summed E-state index contributed by atoms with van der Waals surface area (Å²) in [5, 5.41) is 12.5. The third kappa shape index (κ3) is 9.59. The van der Waals surface area contributed by atoms with Gasteiger partial charge in [-0.05, 0) is 85.9 Å². The topological polar surface area (TPSA) is 88.5 Å². The first-order chi connectivity index (χ1) is 19.8. The summed E-state index contributed by atoms with van der Waals surface area (Å²) in [4.78, 5) is 29.1. The number of aryl methyl sites for hydroxylation is 3. The number of carbonyl (C=O) groups excluding carboxylic acids is 1. The molecule has 2 N–H and O–H groups in total. The maximum atomic E-state index is 12.6. The Kier molecular flexibility index (Phi) is 12.1. The van der Waals surface area contributed by atoms with Crippen molar-refractivity contribution in [2.75, 3.05) is 11.9 Å². The van der Waals surface area contributed by atoms with Crippen LogP contribution in [-0.4, -0.2) is 28.6 Å². The highest BCUT2D eigenvalue weighted by atomic mass is 16.5. The second-order valence-corrected chi connectivity index (χ2v) is 10.7. The first-order valence-corrected chi connectivity index (χ1v) is 14.8. The van der Waals surface area contributed by atoms with Gasteiger partial charge in [0.15, 0.2) is 0 Å². The molecule has 6 nitrogen and oxygen atoms in total. The van der Waals surface area contributed by atoms with Crippen LogP contribution in [0.5, 0.6) is 5.88 Å². The standard InChI is InChI=1S/C35H44N2O4/c1-5-11-27-16-18-28(19-17-27)12-8-9-23-41-33-22-15-26(4)31(37-33)21-20-29-13-10-14-30(24-29)36-32(38)25-35(6-2,7-3)34(39)40/h10,13-22,24H,5-9,11-12,23,25H2,1-4H3,(H,36,38)(H,39,40). The molecule has 0 spiro atoms. The summed E-state index contributed by atoms with van der Waals surface area (Å²) in [7, 11) is 0. The van der Waals surface area contributed by atoms with Gasteiger partial charge in [0.2, 0.25) is 11.8 Å². The van der Waals surface area contributed by atoms with Crippen LogP contribution in [-0.2, 0) is 22.4 Å². The van der Waals surface area contributed by atoms with E-state index in [1.54, 1.807) is 19.9 Å². The number of aliphatic carboxylic acids is 1. The van der Waals surface area contributed by atoms with Crippen LogP contribution >= 0.6 is 0 Å². The summed E-state index contributed by atoms with van der Waals surface area (Å²) < 4.78 is 5.95. The van der Waals surface area contributed by atoms with E-state index in [4.69, 9.17) is 4.74 Å². The van der Waals surface area contributed by atoms with E-state index in [2.05, 4.69) is 41.5 Å². The van der Waals surface area contributed by atoms with Crippen LogP contribution in [0.1, 0.15) is 87.2 Å². The molecule has 0 aliphatic carbocycles. The minimum atomic E-state index is -1.04. The molecule has 0 aliphatic heterocycles. The number of carboxylic acid groups (broad SMARTS) is 1. The number of carbonyl (C=O) groups is 2. The minimum Gasteiger partial charge on any atom is -0.481 e. The lowest BCUT2D eigenvalue weighted by atomic mass is 9.79. The molecular weight excluding hydrogens is 512 g/mol. The predicted molar refractivity (Wildman–Crippen MR) is 167 cm³/mol. The highest BCUT2D eigenvalue weighted by Crippen LogP contribution is 2.31. The lowest BCUT2D eigenvalue weighted by molar-refractivity contribution is -0.151. The number of hydrogen-bond donors (Lipinski definition) is 2. The Morgan fingerprint density at radius 2 is 1.63 bits per heavy atom. The summed E-state index contributed by atoms with van der Waals surface area (Å²) in [5.41, 5.74) is 5.10. The molecule has 0 unspecified atom stereocenters. The number of aromatic nitrogens is 1. The zero-order valence-corrected chi connectivity index (χ0v) is 24.9. The van der Waals surface area contributed by atoms with Gasteiger partial charge < -0.3 is 15.2 Å². The van der Waals surface area contributed by atoms with Crippen LogP contribution in [0.4, 0.5) is 5.69 Å². The lowest BCUT2D eigenvalue weighted by Crippen LogP contribution is -2.34. The van der Waals surface area contributed by atoms with Crippen molar-refractivity contribution < 1.29 is 19.4 Å². The number of hydrogen-bond acceptors (Lipinski definition) is 4. The Bertz CT molecular complexity index is 1310. The van der Waals surface area contributed by atoms with Crippen molar-refractivity contribution in [2.24, 2.45) is 5.41 Å². The van der Waals surface area contributed by atoms with E-state index in [-0.39, 0.29) is 12.3 Å². The van der Waals surface area contributed by atoms with Gasteiger partial charge in [-0.15, -0.1) is 0 Å². The molecule has 0 bridgehead atoms. The maximum Gasteiger partial charge on any atom is 0.310 e. The second kappa shape index (κ2) is 15.8. The number of anilines is 1. The molecule has 0 saturated heterocycles. The molecule has 0 atom stereocenters. The maximum absolute atomic E-state index is 12.6. The molecule has 6 heteroatoms. The number of unbranched alkanes of at least 4 members (excludes halogenated alkanes) is 1. The number of nitrogens with zero attached hydrogens (tertiary/aromatic N) is 1. The Hall–Kier alpha value is -3.93. The quantitative estimate of drug-likeness (QED) is 0.174. The van der Waals surface area contributed by atoms with Crippen LogP contribution in [0.3, 0.4) is 0 Å². The molecule has 0 fully saturated rings. The van der Waals surface area contributed by atoms with Crippen LogP contribution in [0, 0.1) is 12.3 Å². The number of carboxylic acids is 1. The molecule has 2 aromatic carbocycles. The van der Waals surface area contributed by atoms with Gasteiger partial charge in [-0.25, -0.2) is 4.98 Å². The van der Waals surface area contributed by atoms with Gasteiger partial charge >= 0.3 is 5.97 Å². The van der Waals surface area contributed by atoms with E-state index in [1.165, 1.54) is 17.5 Å². The number of rotatable bonds is 16. The van der Waals surface area contributed by atoms with Crippen LogP contribution in [0.15, 0.2) is 60.7 Å². The van der Waals surface area contributed by atoms with E-state index in [9.17, 15) is 14.7 Å². The molecular formula is C35H44N2O4. The van der Waals surface area contributed by atoms with Gasteiger partial charge in [0.1, 0.15) is 0 Å². The molecule has 1 aromatic heterocycles. The van der Waals surface area contributed by atoms with E-state index in [1.807, 2.05) is 49.4 Å². The zero-order chi connectivity index (χ0) is 29.7. The van der Waals surface area contributed by atoms with Crippen LogP contribution in [0.2, 0.25) is 0 Å². The second-order valence-electron chi connectivity index (χ2n) is 10.7. The van der Waals surface area contributed by atoms with Crippen LogP contribution < -0.4 is 10.1 Å². The Morgan fingerprint density at radius 1 is 0.927 bits per heavy atom. The monoisotopic (exact) mass is 556 g/mol. The number of nitrogens with one attached hydrogen (secondary N) is 1. The van der Waals surface area contributed by atoms with E-state index in [0.29, 0.717) is 31.0 Å². The van der Waals surface area contributed by atoms with Crippen molar-refractivity contribution in [3.63, 3.8) is 0 Å². The van der Waals surface area contributed by atoms with E-state index < -0.39 is 11.4 Å². The molecule has 0 saturated carbocycles. The van der Waals surface area contributed by atoms with E-state index in [0.717, 1.165) is 42.5 Å².